The van der Waals surface area contributed by atoms with E-state index in [9.17, 15) is 0 Å². The Morgan fingerprint density at radius 2 is 1.94 bits per heavy atom. The number of nitrogens with one attached hydrogen (secondary N) is 1. The van der Waals surface area contributed by atoms with Gasteiger partial charge in [-0.2, -0.15) is 0 Å². The summed E-state index contributed by atoms with van der Waals surface area (Å²) in [7, 11) is 0. The zero-order chi connectivity index (χ0) is 13.0. The van der Waals surface area contributed by atoms with Gasteiger partial charge in [-0.05, 0) is 39.2 Å². The first-order valence-corrected chi connectivity index (χ1v) is 7.09. The van der Waals surface area contributed by atoms with Crippen LogP contribution in [0.2, 0.25) is 0 Å². The zero-order valence-electron chi connectivity index (χ0n) is 12.0. The lowest BCUT2D eigenvalue weighted by Crippen LogP contribution is -2.53. The van der Waals surface area contributed by atoms with Gasteiger partial charge in [0.25, 0.3) is 0 Å². The molecule has 0 amide bonds. The SMILES string of the molecule is Cc1cccc(CCC(C)(C)N2CCNCC2)c1. The first-order chi connectivity index (χ1) is 8.58. The average Bonchev–Trinajstić information content (AvgIpc) is 2.38. The number of hydrogen-bond acceptors (Lipinski definition) is 2. The maximum atomic E-state index is 3.43. The fourth-order valence-corrected chi connectivity index (χ4v) is 2.75. The smallest absolute Gasteiger partial charge is 0.0157 e. The van der Waals surface area contributed by atoms with Gasteiger partial charge < -0.3 is 5.32 Å². The maximum absolute atomic E-state index is 3.43. The van der Waals surface area contributed by atoms with Crippen molar-refractivity contribution in [2.24, 2.45) is 0 Å². The molecule has 1 aliphatic rings. The highest BCUT2D eigenvalue weighted by Gasteiger charge is 2.27. The summed E-state index contributed by atoms with van der Waals surface area (Å²) >= 11 is 0. The van der Waals surface area contributed by atoms with Crippen LogP contribution in [0.25, 0.3) is 0 Å². The maximum Gasteiger partial charge on any atom is 0.0157 e. The quantitative estimate of drug-likeness (QED) is 0.878. The van der Waals surface area contributed by atoms with Crippen molar-refractivity contribution in [1.29, 1.82) is 0 Å². The Bertz CT molecular complexity index is 378. The van der Waals surface area contributed by atoms with Crippen LogP contribution < -0.4 is 5.32 Å². The monoisotopic (exact) mass is 246 g/mol. The standard InChI is InChI=1S/C16H26N2/c1-14-5-4-6-15(13-14)7-8-16(2,3)18-11-9-17-10-12-18/h4-6,13,17H,7-12H2,1-3H3. The first-order valence-electron chi connectivity index (χ1n) is 7.09. The largest absolute Gasteiger partial charge is 0.314 e. The molecule has 0 radical (unpaired) electrons. The van der Waals surface area contributed by atoms with E-state index in [-0.39, 0.29) is 0 Å². The van der Waals surface area contributed by atoms with Crippen LogP contribution in [0, 0.1) is 6.92 Å². The van der Waals surface area contributed by atoms with Gasteiger partial charge in [0.05, 0.1) is 0 Å². The van der Waals surface area contributed by atoms with Crippen molar-refractivity contribution in [1.82, 2.24) is 10.2 Å². The summed E-state index contributed by atoms with van der Waals surface area (Å²) < 4.78 is 0. The van der Waals surface area contributed by atoms with Gasteiger partial charge in [-0.25, -0.2) is 0 Å². The molecule has 1 fully saturated rings. The lowest BCUT2D eigenvalue weighted by molar-refractivity contribution is 0.0959. The number of piperazine rings is 1. The highest BCUT2D eigenvalue weighted by molar-refractivity contribution is 5.22. The third-order valence-electron chi connectivity index (χ3n) is 4.08. The molecule has 0 unspecified atom stereocenters. The molecule has 1 aromatic rings. The minimum Gasteiger partial charge on any atom is -0.314 e. The third-order valence-corrected chi connectivity index (χ3v) is 4.08. The van der Waals surface area contributed by atoms with Crippen LogP contribution in [-0.2, 0) is 6.42 Å². The lowest BCUT2D eigenvalue weighted by atomic mass is 9.92. The minimum absolute atomic E-state index is 0.311. The molecular formula is C16H26N2. The molecule has 0 bridgehead atoms. The van der Waals surface area contributed by atoms with Crippen LogP contribution in [-0.4, -0.2) is 36.6 Å². The molecule has 0 aromatic heterocycles. The van der Waals surface area contributed by atoms with Crippen molar-refractivity contribution in [3.05, 3.63) is 35.4 Å². The number of benzene rings is 1. The number of rotatable bonds is 4. The number of hydrogen-bond donors (Lipinski definition) is 1. The normalized spacial score (nSPS) is 17.9. The van der Waals surface area contributed by atoms with Crippen LogP contribution in [0.5, 0.6) is 0 Å². The van der Waals surface area contributed by atoms with Gasteiger partial charge in [0.1, 0.15) is 0 Å². The number of aryl methyl sites for hydroxylation is 2. The van der Waals surface area contributed by atoms with Gasteiger partial charge >= 0.3 is 0 Å². The van der Waals surface area contributed by atoms with Gasteiger partial charge in [0, 0.05) is 31.7 Å². The molecule has 1 heterocycles. The fraction of sp³-hybridized carbons (Fsp3) is 0.625. The van der Waals surface area contributed by atoms with Crippen molar-refractivity contribution < 1.29 is 0 Å². The second-order valence-corrected chi connectivity index (χ2v) is 6.04. The predicted octanol–water partition coefficient (Wildman–Crippen LogP) is 2.61. The highest BCUT2D eigenvalue weighted by Crippen LogP contribution is 2.22. The van der Waals surface area contributed by atoms with Crippen LogP contribution in [0.1, 0.15) is 31.4 Å². The molecule has 1 saturated heterocycles. The second kappa shape index (κ2) is 5.85. The Hall–Kier alpha value is -0.860. The number of nitrogens with zero attached hydrogens (tertiary/aromatic N) is 1. The molecule has 2 heteroatoms. The Balaban J connectivity index is 1.91. The van der Waals surface area contributed by atoms with E-state index in [0.717, 1.165) is 13.1 Å². The van der Waals surface area contributed by atoms with Crippen LogP contribution in [0.15, 0.2) is 24.3 Å². The van der Waals surface area contributed by atoms with Crippen molar-refractivity contribution in [2.75, 3.05) is 26.2 Å². The van der Waals surface area contributed by atoms with E-state index in [1.54, 1.807) is 0 Å². The Morgan fingerprint density at radius 3 is 2.61 bits per heavy atom. The second-order valence-electron chi connectivity index (χ2n) is 6.04. The molecule has 0 saturated carbocycles. The Labute approximate surface area is 111 Å². The van der Waals surface area contributed by atoms with Crippen molar-refractivity contribution in [2.45, 2.75) is 39.2 Å². The summed E-state index contributed by atoms with van der Waals surface area (Å²) in [5, 5.41) is 3.43. The van der Waals surface area contributed by atoms with Crippen molar-refractivity contribution in [3.8, 4) is 0 Å². The lowest BCUT2D eigenvalue weighted by Gasteiger charge is -2.41. The van der Waals surface area contributed by atoms with E-state index in [0.29, 0.717) is 5.54 Å². The van der Waals surface area contributed by atoms with E-state index >= 15 is 0 Å². The predicted molar refractivity (Wildman–Crippen MR) is 78.0 cm³/mol. The molecule has 100 valence electrons. The van der Waals surface area contributed by atoms with Gasteiger partial charge in [-0.1, -0.05) is 29.8 Å². The summed E-state index contributed by atoms with van der Waals surface area (Å²) in [5.74, 6) is 0. The van der Waals surface area contributed by atoms with Gasteiger partial charge in [0.15, 0.2) is 0 Å². The first kappa shape index (κ1) is 13.6. The molecule has 2 rings (SSSR count). The molecule has 0 spiro atoms. The van der Waals surface area contributed by atoms with Crippen molar-refractivity contribution >= 4 is 0 Å². The molecule has 2 nitrogen and oxygen atoms in total. The summed E-state index contributed by atoms with van der Waals surface area (Å²) in [5.41, 5.74) is 3.15. The molecule has 1 aromatic carbocycles. The minimum atomic E-state index is 0.311. The van der Waals surface area contributed by atoms with E-state index in [2.05, 4.69) is 55.3 Å². The van der Waals surface area contributed by atoms with E-state index in [1.807, 2.05) is 0 Å². The summed E-state index contributed by atoms with van der Waals surface area (Å²) in [6.07, 6.45) is 2.41. The van der Waals surface area contributed by atoms with E-state index in [1.165, 1.54) is 37.1 Å². The Morgan fingerprint density at radius 1 is 1.22 bits per heavy atom. The summed E-state index contributed by atoms with van der Waals surface area (Å²) in [4.78, 5) is 2.62. The molecule has 0 atom stereocenters. The molecule has 18 heavy (non-hydrogen) atoms. The third kappa shape index (κ3) is 3.56. The molecule has 1 N–H and O–H groups in total. The van der Waals surface area contributed by atoms with Crippen molar-refractivity contribution in [3.63, 3.8) is 0 Å². The average molecular weight is 246 g/mol. The zero-order valence-corrected chi connectivity index (χ0v) is 12.0. The Kier molecular flexibility index (Phi) is 4.41. The molecule has 1 aliphatic heterocycles. The highest BCUT2D eigenvalue weighted by atomic mass is 15.2. The van der Waals surface area contributed by atoms with E-state index in [4.69, 9.17) is 0 Å². The molecule has 0 aliphatic carbocycles. The van der Waals surface area contributed by atoms with Crippen LogP contribution in [0.4, 0.5) is 0 Å². The van der Waals surface area contributed by atoms with E-state index < -0.39 is 0 Å². The van der Waals surface area contributed by atoms with Crippen LogP contribution >= 0.6 is 0 Å². The van der Waals surface area contributed by atoms with Gasteiger partial charge in [-0.15, -0.1) is 0 Å². The summed E-state index contributed by atoms with van der Waals surface area (Å²) in [6.45, 7) is 11.6. The van der Waals surface area contributed by atoms with Gasteiger partial charge in [0.2, 0.25) is 0 Å². The van der Waals surface area contributed by atoms with Gasteiger partial charge in [-0.3, -0.25) is 4.90 Å². The summed E-state index contributed by atoms with van der Waals surface area (Å²) in [6, 6.07) is 8.90. The fourth-order valence-electron chi connectivity index (χ4n) is 2.75. The van der Waals surface area contributed by atoms with Crippen LogP contribution in [0.3, 0.4) is 0 Å². The molecular weight excluding hydrogens is 220 g/mol. The topological polar surface area (TPSA) is 15.3 Å².